The number of rotatable bonds is 6. The molecular formula is C19H21IN2O2. The van der Waals surface area contributed by atoms with Gasteiger partial charge in [-0.25, -0.2) is 0 Å². The van der Waals surface area contributed by atoms with E-state index in [-0.39, 0.29) is 11.8 Å². The lowest BCUT2D eigenvalue weighted by molar-refractivity contribution is 0.0951. The van der Waals surface area contributed by atoms with E-state index in [1.54, 1.807) is 30.3 Å². The average Bonchev–Trinajstić information content (AvgIpc) is 2.57. The van der Waals surface area contributed by atoms with Crippen molar-refractivity contribution in [2.45, 2.75) is 26.7 Å². The van der Waals surface area contributed by atoms with E-state index >= 15 is 0 Å². The molecule has 0 spiro atoms. The average molecular weight is 436 g/mol. The molecule has 0 aliphatic carbocycles. The van der Waals surface area contributed by atoms with Crippen LogP contribution in [0.4, 0.5) is 5.69 Å². The Kier molecular flexibility index (Phi) is 6.78. The molecular weight excluding hydrogens is 415 g/mol. The van der Waals surface area contributed by atoms with Crippen LogP contribution in [-0.4, -0.2) is 18.4 Å². The van der Waals surface area contributed by atoms with Crippen LogP contribution in [0.25, 0.3) is 0 Å². The van der Waals surface area contributed by atoms with Crippen LogP contribution in [-0.2, 0) is 0 Å². The summed E-state index contributed by atoms with van der Waals surface area (Å²) in [5, 5.41) is 5.72. The zero-order valence-corrected chi connectivity index (χ0v) is 16.0. The first-order valence-electron chi connectivity index (χ1n) is 7.97. The van der Waals surface area contributed by atoms with Crippen molar-refractivity contribution < 1.29 is 9.59 Å². The van der Waals surface area contributed by atoms with Gasteiger partial charge in [-0.1, -0.05) is 25.5 Å². The van der Waals surface area contributed by atoms with Crippen LogP contribution in [0.5, 0.6) is 0 Å². The molecule has 0 saturated heterocycles. The molecule has 0 radical (unpaired) electrons. The van der Waals surface area contributed by atoms with Crippen LogP contribution >= 0.6 is 22.6 Å². The van der Waals surface area contributed by atoms with Crippen molar-refractivity contribution in [1.82, 2.24) is 5.32 Å². The van der Waals surface area contributed by atoms with Crippen LogP contribution in [0.1, 0.15) is 46.0 Å². The van der Waals surface area contributed by atoms with E-state index in [0.717, 1.165) is 22.0 Å². The van der Waals surface area contributed by atoms with Gasteiger partial charge in [-0.15, -0.1) is 0 Å². The number of amides is 2. The minimum atomic E-state index is -0.184. The Morgan fingerprint density at radius 1 is 1.04 bits per heavy atom. The van der Waals surface area contributed by atoms with Gasteiger partial charge in [0, 0.05) is 26.9 Å². The maximum atomic E-state index is 12.4. The van der Waals surface area contributed by atoms with E-state index in [9.17, 15) is 9.59 Å². The first-order chi connectivity index (χ1) is 11.5. The minimum Gasteiger partial charge on any atom is -0.352 e. The molecule has 5 heteroatoms. The fourth-order valence-corrected chi connectivity index (χ4v) is 2.67. The van der Waals surface area contributed by atoms with E-state index in [1.807, 2.05) is 19.1 Å². The first-order valence-corrected chi connectivity index (χ1v) is 9.05. The third-order valence-corrected chi connectivity index (χ3v) is 4.79. The Morgan fingerprint density at radius 2 is 1.79 bits per heavy atom. The second-order valence-electron chi connectivity index (χ2n) is 5.61. The molecule has 24 heavy (non-hydrogen) atoms. The van der Waals surface area contributed by atoms with Gasteiger partial charge in [-0.3, -0.25) is 9.59 Å². The summed E-state index contributed by atoms with van der Waals surface area (Å²) in [5.41, 5.74) is 2.89. The minimum absolute atomic E-state index is 0.121. The summed E-state index contributed by atoms with van der Waals surface area (Å²) in [7, 11) is 0. The number of halogens is 1. The molecule has 0 fully saturated rings. The molecule has 0 aliphatic rings. The summed E-state index contributed by atoms with van der Waals surface area (Å²) < 4.78 is 1.05. The van der Waals surface area contributed by atoms with Gasteiger partial charge >= 0.3 is 0 Å². The van der Waals surface area contributed by atoms with Crippen molar-refractivity contribution in [3.63, 3.8) is 0 Å². The van der Waals surface area contributed by atoms with Crippen molar-refractivity contribution >= 4 is 40.1 Å². The monoisotopic (exact) mass is 436 g/mol. The smallest absolute Gasteiger partial charge is 0.255 e. The number of unbranched alkanes of at least 4 members (excludes halogenated alkanes) is 1. The molecule has 0 bridgehead atoms. The first kappa shape index (κ1) is 18.4. The zero-order chi connectivity index (χ0) is 17.5. The number of hydrogen-bond donors (Lipinski definition) is 2. The van der Waals surface area contributed by atoms with E-state index in [1.165, 1.54) is 0 Å². The van der Waals surface area contributed by atoms with E-state index < -0.39 is 0 Å². The van der Waals surface area contributed by atoms with Gasteiger partial charge in [0.05, 0.1) is 0 Å². The van der Waals surface area contributed by atoms with Crippen LogP contribution in [0.15, 0.2) is 42.5 Å². The number of anilines is 1. The molecule has 0 aromatic heterocycles. The maximum Gasteiger partial charge on any atom is 0.255 e. The summed E-state index contributed by atoms with van der Waals surface area (Å²) in [6.07, 6.45) is 1.99. The highest BCUT2D eigenvalue weighted by Gasteiger charge is 2.10. The third-order valence-electron chi connectivity index (χ3n) is 3.63. The Balaban J connectivity index is 2.07. The Hall–Kier alpha value is -1.89. The molecule has 0 saturated carbocycles. The summed E-state index contributed by atoms with van der Waals surface area (Å²) >= 11 is 2.21. The zero-order valence-electron chi connectivity index (χ0n) is 13.9. The van der Waals surface area contributed by atoms with Gasteiger partial charge in [-0.2, -0.15) is 0 Å². The van der Waals surface area contributed by atoms with Crippen LogP contribution < -0.4 is 10.6 Å². The molecule has 0 unspecified atom stereocenters. The van der Waals surface area contributed by atoms with Gasteiger partial charge < -0.3 is 10.6 Å². The van der Waals surface area contributed by atoms with Crippen LogP contribution in [0.2, 0.25) is 0 Å². The predicted octanol–water partition coefficient (Wildman–Crippen LogP) is 4.38. The molecule has 2 aromatic rings. The predicted molar refractivity (Wildman–Crippen MR) is 106 cm³/mol. The maximum absolute atomic E-state index is 12.4. The Labute approximate surface area is 156 Å². The summed E-state index contributed by atoms with van der Waals surface area (Å²) in [4.78, 5) is 24.4. The lowest BCUT2D eigenvalue weighted by Gasteiger charge is -2.09. The summed E-state index contributed by atoms with van der Waals surface area (Å²) in [6.45, 7) is 4.74. The van der Waals surface area contributed by atoms with Crippen molar-refractivity contribution in [3.8, 4) is 0 Å². The number of hydrogen-bond acceptors (Lipinski definition) is 2. The van der Waals surface area contributed by atoms with Gasteiger partial charge in [0.1, 0.15) is 0 Å². The second kappa shape index (κ2) is 8.82. The number of carbonyl (C=O) groups is 2. The third kappa shape index (κ3) is 5.06. The Bertz CT molecular complexity index is 744. The van der Waals surface area contributed by atoms with Gasteiger partial charge in [-0.05, 0) is 71.8 Å². The van der Waals surface area contributed by atoms with Crippen LogP contribution in [0.3, 0.4) is 0 Å². The number of nitrogens with one attached hydrogen (secondary N) is 2. The van der Waals surface area contributed by atoms with Gasteiger partial charge in [0.2, 0.25) is 0 Å². The molecule has 2 N–H and O–H groups in total. The van der Waals surface area contributed by atoms with Gasteiger partial charge in [0.15, 0.2) is 0 Å². The topological polar surface area (TPSA) is 58.2 Å². The second-order valence-corrected chi connectivity index (χ2v) is 6.77. The van der Waals surface area contributed by atoms with E-state index in [4.69, 9.17) is 0 Å². The highest BCUT2D eigenvalue weighted by atomic mass is 127. The molecule has 4 nitrogen and oxygen atoms in total. The lowest BCUT2D eigenvalue weighted by atomic mass is 10.1. The molecule has 0 heterocycles. The molecule has 0 aliphatic heterocycles. The molecule has 2 amide bonds. The molecule has 2 aromatic carbocycles. The van der Waals surface area contributed by atoms with Gasteiger partial charge in [0.25, 0.3) is 11.8 Å². The molecule has 126 valence electrons. The molecule has 2 rings (SSSR count). The largest absolute Gasteiger partial charge is 0.352 e. The number of carbonyl (C=O) groups excluding carboxylic acids is 2. The van der Waals surface area contributed by atoms with Crippen LogP contribution in [0, 0.1) is 10.5 Å². The fraction of sp³-hybridized carbons (Fsp3) is 0.263. The fourth-order valence-electron chi connectivity index (χ4n) is 2.16. The Morgan fingerprint density at radius 3 is 2.50 bits per heavy atom. The quantitative estimate of drug-likeness (QED) is 0.522. The summed E-state index contributed by atoms with van der Waals surface area (Å²) in [6, 6.07) is 12.6. The normalized spacial score (nSPS) is 10.3. The number of aryl methyl sites for hydroxylation is 1. The van der Waals surface area contributed by atoms with E-state index in [0.29, 0.717) is 23.4 Å². The van der Waals surface area contributed by atoms with E-state index in [2.05, 4.69) is 40.1 Å². The SMILES string of the molecule is CCCCNC(=O)c1cccc(NC(=O)c2ccc(C)c(I)c2)c1. The van der Waals surface area contributed by atoms with Crippen molar-refractivity contribution in [2.75, 3.05) is 11.9 Å². The summed E-state index contributed by atoms with van der Waals surface area (Å²) in [5.74, 6) is -0.305. The lowest BCUT2D eigenvalue weighted by Crippen LogP contribution is -2.24. The standard InChI is InChI=1S/C19H21IN2O2/c1-3-4-10-21-18(23)14-6-5-7-16(11-14)22-19(24)15-9-8-13(2)17(20)12-15/h5-9,11-12H,3-4,10H2,1-2H3,(H,21,23)(H,22,24). The van der Waals surface area contributed by atoms with Crippen molar-refractivity contribution in [3.05, 3.63) is 62.7 Å². The highest BCUT2D eigenvalue weighted by molar-refractivity contribution is 14.1. The molecule has 0 atom stereocenters. The highest BCUT2D eigenvalue weighted by Crippen LogP contribution is 2.16. The number of benzene rings is 2. The van der Waals surface area contributed by atoms with Crippen molar-refractivity contribution in [1.29, 1.82) is 0 Å². The van der Waals surface area contributed by atoms with Crippen molar-refractivity contribution in [2.24, 2.45) is 0 Å².